The number of nitrogens with two attached hydrogens (primary N) is 1. The summed E-state index contributed by atoms with van der Waals surface area (Å²) in [5.41, 5.74) is 8.31. The molecule has 0 radical (unpaired) electrons. The average molecular weight is 300 g/mol. The summed E-state index contributed by atoms with van der Waals surface area (Å²) in [4.78, 5) is 10.3. The van der Waals surface area contributed by atoms with Crippen LogP contribution in [0.4, 0.5) is 11.6 Å². The van der Waals surface area contributed by atoms with E-state index in [0.717, 1.165) is 19.6 Å². The van der Waals surface area contributed by atoms with Crippen molar-refractivity contribution < 1.29 is 0 Å². The van der Waals surface area contributed by atoms with Gasteiger partial charge in [-0.25, -0.2) is 9.97 Å². The molecule has 0 amide bonds. The van der Waals surface area contributed by atoms with E-state index in [1.54, 1.807) is 0 Å². The fourth-order valence-corrected chi connectivity index (χ4v) is 3.15. The molecule has 0 spiro atoms. The van der Waals surface area contributed by atoms with Gasteiger partial charge in [0.05, 0.1) is 6.54 Å². The summed E-state index contributed by atoms with van der Waals surface area (Å²) >= 11 is 6.23. The molecular formula is C15H14ClN5. The molecule has 6 heteroatoms. The van der Waals surface area contributed by atoms with Crippen LogP contribution in [0, 0.1) is 0 Å². The van der Waals surface area contributed by atoms with Crippen molar-refractivity contribution >= 4 is 34.1 Å². The van der Waals surface area contributed by atoms with Crippen molar-refractivity contribution in [3.05, 3.63) is 47.4 Å². The topological polar surface area (TPSA) is 60.0 Å². The van der Waals surface area contributed by atoms with E-state index in [0.29, 0.717) is 16.7 Å². The monoisotopic (exact) mass is 299 g/mol. The van der Waals surface area contributed by atoms with Gasteiger partial charge in [0, 0.05) is 24.3 Å². The van der Waals surface area contributed by atoms with Gasteiger partial charge in [-0.1, -0.05) is 29.8 Å². The minimum absolute atomic E-state index is 0.327. The van der Waals surface area contributed by atoms with Gasteiger partial charge in [-0.3, -0.25) is 0 Å². The van der Waals surface area contributed by atoms with E-state index < -0.39 is 0 Å². The van der Waals surface area contributed by atoms with Gasteiger partial charge < -0.3 is 15.2 Å². The molecule has 0 saturated heterocycles. The number of hydrogen-bond donors (Lipinski definition) is 1. The van der Waals surface area contributed by atoms with E-state index in [4.69, 9.17) is 17.3 Å². The van der Waals surface area contributed by atoms with E-state index in [9.17, 15) is 0 Å². The lowest BCUT2D eigenvalue weighted by Gasteiger charge is -2.30. The number of aromatic nitrogens is 3. The third-order valence-electron chi connectivity index (χ3n) is 3.94. The number of hydrogen-bond acceptors (Lipinski definition) is 4. The summed E-state index contributed by atoms with van der Waals surface area (Å²) in [6.07, 6.45) is 1.46. The number of anilines is 2. The molecule has 2 N–H and O–H groups in total. The zero-order valence-electron chi connectivity index (χ0n) is 11.3. The Balaban J connectivity index is 1.75. The Bertz CT molecular complexity index is 826. The molecule has 2 aromatic heterocycles. The maximum Gasteiger partial charge on any atom is 0.153 e. The van der Waals surface area contributed by atoms with Crippen LogP contribution < -0.4 is 10.6 Å². The van der Waals surface area contributed by atoms with E-state index >= 15 is 0 Å². The van der Waals surface area contributed by atoms with Crippen LogP contribution in [0.15, 0.2) is 36.7 Å². The smallest absolute Gasteiger partial charge is 0.153 e. The van der Waals surface area contributed by atoms with E-state index in [-0.39, 0.29) is 0 Å². The van der Waals surface area contributed by atoms with Crippen LogP contribution >= 0.6 is 11.6 Å². The van der Waals surface area contributed by atoms with Crippen LogP contribution in [0.2, 0.25) is 5.02 Å². The first-order chi connectivity index (χ1) is 10.2. The van der Waals surface area contributed by atoms with Gasteiger partial charge in [0.25, 0.3) is 0 Å². The highest BCUT2D eigenvalue weighted by molar-refractivity contribution is 6.35. The number of rotatable bonds is 1. The molecule has 1 aliphatic rings. The maximum absolute atomic E-state index is 6.23. The lowest BCUT2D eigenvalue weighted by molar-refractivity contribution is 0.581. The first kappa shape index (κ1) is 12.5. The molecule has 0 fully saturated rings. The Morgan fingerprint density at radius 3 is 2.90 bits per heavy atom. The molecule has 0 aliphatic carbocycles. The fraction of sp³-hybridized carbons (Fsp3) is 0.200. The Morgan fingerprint density at radius 1 is 1.14 bits per heavy atom. The fourth-order valence-electron chi connectivity index (χ4n) is 2.93. The second kappa shape index (κ2) is 4.63. The summed E-state index contributed by atoms with van der Waals surface area (Å²) < 4.78 is 2.35. The van der Waals surface area contributed by atoms with Crippen molar-refractivity contribution in [2.45, 2.75) is 13.1 Å². The largest absolute Gasteiger partial charge is 0.382 e. The van der Waals surface area contributed by atoms with Crippen LogP contribution in [-0.2, 0) is 13.1 Å². The summed E-state index contributed by atoms with van der Waals surface area (Å²) in [6, 6.07) is 10.7. The Kier molecular flexibility index (Phi) is 2.75. The van der Waals surface area contributed by atoms with Gasteiger partial charge in [0.1, 0.15) is 17.2 Å². The third kappa shape index (κ3) is 1.93. The van der Waals surface area contributed by atoms with Gasteiger partial charge in [0.2, 0.25) is 0 Å². The quantitative estimate of drug-likeness (QED) is 0.750. The molecule has 4 rings (SSSR count). The second-order valence-corrected chi connectivity index (χ2v) is 5.54. The first-order valence-electron chi connectivity index (χ1n) is 6.82. The number of nitrogens with zero attached hydrogens (tertiary/aromatic N) is 4. The molecule has 3 heterocycles. The van der Waals surface area contributed by atoms with Gasteiger partial charge in [-0.15, -0.1) is 0 Å². The van der Waals surface area contributed by atoms with Crippen LogP contribution in [0.3, 0.4) is 0 Å². The lowest BCUT2D eigenvalue weighted by atomic mass is 10.2. The van der Waals surface area contributed by atoms with Crippen molar-refractivity contribution in [1.82, 2.24) is 14.5 Å². The zero-order chi connectivity index (χ0) is 14.4. The molecule has 0 saturated carbocycles. The van der Waals surface area contributed by atoms with E-state index in [1.807, 2.05) is 0 Å². The average Bonchev–Trinajstić information content (AvgIpc) is 2.87. The Hall–Kier alpha value is -2.27. The molecule has 0 bridgehead atoms. The molecule has 3 aromatic rings. The predicted molar refractivity (Wildman–Crippen MR) is 84.4 cm³/mol. The molecule has 1 aromatic carbocycles. The number of fused-ring (bicyclic) bond motifs is 3. The number of para-hydroxylation sites is 1. The standard InChI is InChI=1S/C15H14ClN5/c16-13-14(17)18-9-19-15(13)20-5-6-21-11(8-20)7-10-3-1-2-4-12(10)21/h1-4,7,9H,5-6,8H2,(H2,17,18,19). The third-order valence-corrected chi connectivity index (χ3v) is 4.30. The summed E-state index contributed by atoms with van der Waals surface area (Å²) in [7, 11) is 0. The summed E-state index contributed by atoms with van der Waals surface area (Å²) in [5.74, 6) is 1.04. The van der Waals surface area contributed by atoms with Gasteiger partial charge in [-0.05, 0) is 17.5 Å². The zero-order valence-corrected chi connectivity index (χ0v) is 12.1. The van der Waals surface area contributed by atoms with E-state index in [2.05, 4.69) is 49.8 Å². The minimum atomic E-state index is 0.327. The maximum atomic E-state index is 6.23. The van der Waals surface area contributed by atoms with Crippen molar-refractivity contribution in [2.75, 3.05) is 17.2 Å². The van der Waals surface area contributed by atoms with Gasteiger partial charge in [0.15, 0.2) is 5.82 Å². The molecular weight excluding hydrogens is 286 g/mol. The van der Waals surface area contributed by atoms with Gasteiger partial charge >= 0.3 is 0 Å². The lowest BCUT2D eigenvalue weighted by Crippen LogP contribution is -2.34. The molecule has 1 aliphatic heterocycles. The SMILES string of the molecule is Nc1ncnc(N2CCn3c(cc4ccccc43)C2)c1Cl. The number of halogens is 1. The van der Waals surface area contributed by atoms with E-state index in [1.165, 1.54) is 22.9 Å². The van der Waals surface area contributed by atoms with Crippen molar-refractivity contribution in [1.29, 1.82) is 0 Å². The minimum Gasteiger partial charge on any atom is -0.382 e. The normalized spacial score (nSPS) is 14.4. The number of benzene rings is 1. The highest BCUT2D eigenvalue weighted by Crippen LogP contribution is 2.31. The van der Waals surface area contributed by atoms with Crippen LogP contribution in [0.1, 0.15) is 5.69 Å². The first-order valence-corrected chi connectivity index (χ1v) is 7.20. The van der Waals surface area contributed by atoms with Crippen molar-refractivity contribution in [3.63, 3.8) is 0 Å². The van der Waals surface area contributed by atoms with Crippen LogP contribution in [-0.4, -0.2) is 21.1 Å². The molecule has 21 heavy (non-hydrogen) atoms. The summed E-state index contributed by atoms with van der Waals surface area (Å²) in [6.45, 7) is 2.52. The predicted octanol–water partition coefficient (Wildman–Crippen LogP) is 2.69. The molecule has 0 atom stereocenters. The van der Waals surface area contributed by atoms with Crippen molar-refractivity contribution in [2.24, 2.45) is 0 Å². The highest BCUT2D eigenvalue weighted by Gasteiger charge is 2.22. The molecule has 5 nitrogen and oxygen atoms in total. The number of nitrogen functional groups attached to an aromatic ring is 1. The van der Waals surface area contributed by atoms with Crippen molar-refractivity contribution in [3.8, 4) is 0 Å². The molecule has 0 unspecified atom stereocenters. The Morgan fingerprint density at radius 2 is 2.00 bits per heavy atom. The second-order valence-electron chi connectivity index (χ2n) is 5.16. The highest BCUT2D eigenvalue weighted by atomic mass is 35.5. The van der Waals surface area contributed by atoms with Gasteiger partial charge in [-0.2, -0.15) is 0 Å². The summed E-state index contributed by atoms with van der Waals surface area (Å²) in [5, 5.41) is 1.70. The Labute approximate surface area is 127 Å². The molecule has 106 valence electrons. The van der Waals surface area contributed by atoms with Crippen LogP contribution in [0.5, 0.6) is 0 Å². The van der Waals surface area contributed by atoms with Crippen LogP contribution in [0.25, 0.3) is 10.9 Å².